The van der Waals surface area contributed by atoms with Crippen LogP contribution < -0.4 is 10.3 Å². The third kappa shape index (κ3) is 5.13. The number of benzene rings is 1. The van der Waals surface area contributed by atoms with Crippen LogP contribution in [-0.4, -0.2) is 34.7 Å². The monoisotopic (exact) mass is 480 g/mol. The van der Waals surface area contributed by atoms with E-state index in [0.717, 1.165) is 28.1 Å². The molecule has 8 heteroatoms. The Hall–Kier alpha value is -2.84. The van der Waals surface area contributed by atoms with Crippen molar-refractivity contribution in [3.05, 3.63) is 81.7 Å². The van der Waals surface area contributed by atoms with Crippen molar-refractivity contribution in [3.8, 4) is 11.3 Å². The van der Waals surface area contributed by atoms with E-state index in [1.54, 1.807) is 24.0 Å². The standard InChI is InChI=1S/C26H32N4O3S/c1-5-34(32,33)29-22-9-10-23-25(26(31)30(16-28-23)17(2)3)21(22)15-19-7-6-8-20(14-19)24-13-18(4)11-12-27-24/h6-8,11-14,16-17,21-22,29H,5,9-10,15H2,1-4H3/t21-,22-/m0/s1. The molecule has 4 rings (SSSR count). The molecule has 0 saturated heterocycles. The molecule has 1 aromatic carbocycles. The van der Waals surface area contributed by atoms with Gasteiger partial charge in [-0.05, 0) is 76.3 Å². The second-order valence-corrected chi connectivity index (χ2v) is 11.3. The topological polar surface area (TPSA) is 94.0 Å². The lowest BCUT2D eigenvalue weighted by Gasteiger charge is -2.33. The molecule has 2 heterocycles. The zero-order chi connectivity index (χ0) is 24.5. The quantitative estimate of drug-likeness (QED) is 0.556. The number of hydrogen-bond donors (Lipinski definition) is 1. The van der Waals surface area contributed by atoms with Gasteiger partial charge in [0.25, 0.3) is 5.56 Å². The molecule has 34 heavy (non-hydrogen) atoms. The van der Waals surface area contributed by atoms with E-state index in [2.05, 4.69) is 20.8 Å². The summed E-state index contributed by atoms with van der Waals surface area (Å²) >= 11 is 0. The van der Waals surface area contributed by atoms with Gasteiger partial charge in [0.1, 0.15) is 0 Å². The molecule has 0 spiro atoms. The summed E-state index contributed by atoms with van der Waals surface area (Å²) in [5.74, 6) is -0.307. The maximum absolute atomic E-state index is 13.5. The van der Waals surface area contributed by atoms with Crippen LogP contribution in [0.5, 0.6) is 0 Å². The van der Waals surface area contributed by atoms with Gasteiger partial charge in [-0.25, -0.2) is 18.1 Å². The molecule has 1 aliphatic rings. The largest absolute Gasteiger partial charge is 0.296 e. The Balaban J connectivity index is 1.78. The van der Waals surface area contributed by atoms with Crippen molar-refractivity contribution in [2.45, 2.75) is 65.0 Å². The summed E-state index contributed by atoms with van der Waals surface area (Å²) in [6.45, 7) is 7.55. The molecule has 0 fully saturated rings. The first-order valence-corrected chi connectivity index (χ1v) is 13.5. The molecular weight excluding hydrogens is 448 g/mol. The van der Waals surface area contributed by atoms with Crippen LogP contribution in [-0.2, 0) is 22.9 Å². The lowest BCUT2D eigenvalue weighted by molar-refractivity contribution is 0.412. The van der Waals surface area contributed by atoms with Gasteiger partial charge in [0.2, 0.25) is 10.0 Å². The minimum Gasteiger partial charge on any atom is -0.296 e. The maximum atomic E-state index is 13.5. The average Bonchev–Trinajstić information content (AvgIpc) is 2.80. The fourth-order valence-electron chi connectivity index (χ4n) is 4.66. The minimum absolute atomic E-state index is 0.000849. The van der Waals surface area contributed by atoms with Crippen LogP contribution in [0.2, 0.25) is 0 Å². The second kappa shape index (κ2) is 9.80. The number of nitrogens with zero attached hydrogens (tertiary/aromatic N) is 3. The van der Waals surface area contributed by atoms with Crippen molar-refractivity contribution in [1.29, 1.82) is 0 Å². The highest BCUT2D eigenvalue weighted by Crippen LogP contribution is 2.33. The lowest BCUT2D eigenvalue weighted by atomic mass is 9.78. The Morgan fingerprint density at radius 1 is 1.18 bits per heavy atom. The number of pyridine rings is 1. The van der Waals surface area contributed by atoms with Crippen molar-refractivity contribution >= 4 is 10.0 Å². The molecule has 2 aromatic heterocycles. The molecule has 1 N–H and O–H groups in total. The van der Waals surface area contributed by atoms with Crippen LogP contribution in [0.15, 0.2) is 53.7 Å². The molecule has 0 bridgehead atoms. The summed E-state index contributed by atoms with van der Waals surface area (Å²) in [6, 6.07) is 11.7. The average molecular weight is 481 g/mol. The molecule has 0 radical (unpaired) electrons. The summed E-state index contributed by atoms with van der Waals surface area (Å²) in [5, 5.41) is 0. The zero-order valence-electron chi connectivity index (χ0n) is 20.2. The first-order valence-electron chi connectivity index (χ1n) is 11.8. The van der Waals surface area contributed by atoms with E-state index in [1.807, 2.05) is 51.1 Å². The van der Waals surface area contributed by atoms with Crippen LogP contribution in [0.4, 0.5) is 0 Å². The lowest BCUT2D eigenvalue weighted by Crippen LogP contribution is -2.46. The molecule has 2 atom stereocenters. The van der Waals surface area contributed by atoms with Crippen molar-refractivity contribution in [1.82, 2.24) is 19.3 Å². The maximum Gasteiger partial charge on any atom is 0.257 e. The van der Waals surface area contributed by atoms with E-state index >= 15 is 0 Å². The normalized spacial score (nSPS) is 18.1. The molecule has 3 aromatic rings. The van der Waals surface area contributed by atoms with Gasteiger partial charge in [0, 0.05) is 35.3 Å². The predicted octanol–water partition coefficient (Wildman–Crippen LogP) is 3.78. The molecule has 0 unspecified atom stereocenters. The Bertz CT molecular complexity index is 1350. The Morgan fingerprint density at radius 2 is 1.97 bits per heavy atom. The van der Waals surface area contributed by atoms with Crippen molar-refractivity contribution in [2.75, 3.05) is 5.75 Å². The second-order valence-electron chi connectivity index (χ2n) is 9.31. The number of aryl methyl sites for hydroxylation is 2. The molecule has 0 aliphatic heterocycles. The highest BCUT2D eigenvalue weighted by Gasteiger charge is 2.35. The van der Waals surface area contributed by atoms with E-state index in [-0.39, 0.29) is 29.3 Å². The summed E-state index contributed by atoms with van der Waals surface area (Å²) in [4.78, 5) is 22.6. The van der Waals surface area contributed by atoms with Gasteiger partial charge >= 0.3 is 0 Å². The van der Waals surface area contributed by atoms with E-state index in [9.17, 15) is 13.2 Å². The van der Waals surface area contributed by atoms with Crippen LogP contribution >= 0.6 is 0 Å². The molecule has 0 amide bonds. The first-order chi connectivity index (χ1) is 16.2. The molecule has 180 valence electrons. The number of aromatic nitrogens is 3. The van der Waals surface area contributed by atoms with Crippen molar-refractivity contribution < 1.29 is 8.42 Å². The van der Waals surface area contributed by atoms with E-state index in [1.165, 1.54) is 0 Å². The molecular formula is C26H32N4O3S. The highest BCUT2D eigenvalue weighted by atomic mass is 32.2. The fourth-order valence-corrected chi connectivity index (χ4v) is 5.57. The minimum atomic E-state index is -3.43. The van der Waals surface area contributed by atoms with Gasteiger partial charge in [0.15, 0.2) is 0 Å². The third-order valence-electron chi connectivity index (χ3n) is 6.52. The van der Waals surface area contributed by atoms with Crippen molar-refractivity contribution in [3.63, 3.8) is 0 Å². The van der Waals surface area contributed by atoms with Crippen LogP contribution in [0, 0.1) is 6.92 Å². The number of rotatable bonds is 7. The zero-order valence-corrected chi connectivity index (χ0v) is 21.0. The third-order valence-corrected chi connectivity index (χ3v) is 7.95. The Labute approximate surface area is 201 Å². The van der Waals surface area contributed by atoms with Crippen LogP contribution in [0.1, 0.15) is 61.5 Å². The summed E-state index contributed by atoms with van der Waals surface area (Å²) < 4.78 is 29.5. The van der Waals surface area contributed by atoms with Gasteiger partial charge in [0.05, 0.1) is 23.5 Å². The SMILES string of the molecule is CCS(=O)(=O)N[C@H]1CCc2ncn(C(C)C)c(=O)c2[C@H]1Cc1cccc(-c2cc(C)ccn2)c1. The molecule has 7 nitrogen and oxygen atoms in total. The summed E-state index contributed by atoms with van der Waals surface area (Å²) in [5.41, 5.74) is 5.36. The van der Waals surface area contributed by atoms with Gasteiger partial charge in [-0.15, -0.1) is 0 Å². The highest BCUT2D eigenvalue weighted by molar-refractivity contribution is 7.89. The van der Waals surface area contributed by atoms with E-state index < -0.39 is 10.0 Å². The van der Waals surface area contributed by atoms with Gasteiger partial charge in [-0.1, -0.05) is 18.2 Å². The summed E-state index contributed by atoms with van der Waals surface area (Å²) in [6.07, 6.45) is 5.12. The number of sulfonamides is 1. The summed E-state index contributed by atoms with van der Waals surface area (Å²) in [7, 11) is -3.43. The predicted molar refractivity (Wildman–Crippen MR) is 134 cm³/mol. The van der Waals surface area contributed by atoms with Crippen molar-refractivity contribution in [2.24, 2.45) is 0 Å². The molecule has 1 aliphatic carbocycles. The van der Waals surface area contributed by atoms with Crippen LogP contribution in [0.3, 0.4) is 0 Å². The first kappa shape index (κ1) is 24.3. The number of nitrogens with one attached hydrogen (secondary N) is 1. The fraction of sp³-hybridized carbons (Fsp3) is 0.423. The number of fused-ring (bicyclic) bond motifs is 1. The Kier molecular flexibility index (Phi) is 7.00. The Morgan fingerprint density at radius 3 is 2.68 bits per heavy atom. The van der Waals surface area contributed by atoms with E-state index in [4.69, 9.17) is 0 Å². The van der Waals surface area contributed by atoms with Gasteiger partial charge in [-0.2, -0.15) is 0 Å². The van der Waals surface area contributed by atoms with E-state index in [0.29, 0.717) is 24.8 Å². The van der Waals surface area contributed by atoms with Gasteiger partial charge < -0.3 is 0 Å². The molecule has 0 saturated carbocycles. The van der Waals surface area contributed by atoms with Gasteiger partial charge in [-0.3, -0.25) is 14.3 Å². The van der Waals surface area contributed by atoms with Crippen LogP contribution in [0.25, 0.3) is 11.3 Å². The number of hydrogen-bond acceptors (Lipinski definition) is 5. The smallest absolute Gasteiger partial charge is 0.257 e.